The van der Waals surface area contributed by atoms with Gasteiger partial charge in [-0.2, -0.15) is 23.5 Å². The van der Waals surface area contributed by atoms with Gasteiger partial charge < -0.3 is 5.73 Å². The van der Waals surface area contributed by atoms with Crippen LogP contribution in [-0.4, -0.2) is 9.78 Å². The van der Waals surface area contributed by atoms with E-state index in [4.69, 9.17) is 28.9 Å². The fraction of sp³-hybridized carbons (Fsp3) is 0.111. The first kappa shape index (κ1) is 19.1. The first-order valence-electron chi connectivity index (χ1n) is 7.56. The minimum Gasteiger partial charge on any atom is -0.383 e. The van der Waals surface area contributed by atoms with E-state index in [-0.39, 0.29) is 27.2 Å². The monoisotopic (exact) mass is 410 g/mol. The van der Waals surface area contributed by atoms with Crippen molar-refractivity contribution in [1.82, 2.24) is 9.78 Å². The van der Waals surface area contributed by atoms with Crippen LogP contribution in [0, 0.1) is 18.3 Å². The van der Waals surface area contributed by atoms with Gasteiger partial charge in [-0.3, -0.25) is 0 Å². The number of nitriles is 1. The number of rotatable bonds is 2. The fourth-order valence-electron chi connectivity index (χ4n) is 2.73. The Labute approximate surface area is 162 Å². The van der Waals surface area contributed by atoms with Crippen molar-refractivity contribution < 1.29 is 13.2 Å². The van der Waals surface area contributed by atoms with Crippen LogP contribution in [0.4, 0.5) is 19.0 Å². The molecule has 2 N–H and O–H groups in total. The fourth-order valence-corrected chi connectivity index (χ4v) is 3.38. The molecule has 0 radical (unpaired) electrons. The molecule has 0 aliphatic heterocycles. The number of nitrogens with two attached hydrogens (primary N) is 1. The SMILES string of the molecule is Cc1ccccc1-c1c(C#N)nn(-c2c(Cl)cc(C(F)(F)F)cc2Cl)c1N. The molecule has 1 heterocycles. The Morgan fingerprint density at radius 3 is 2.26 bits per heavy atom. The molecule has 1 aromatic heterocycles. The summed E-state index contributed by atoms with van der Waals surface area (Å²) in [5.74, 6) is 0.0457. The number of hydrogen-bond acceptors (Lipinski definition) is 3. The molecule has 0 saturated heterocycles. The Hall–Kier alpha value is -2.69. The highest BCUT2D eigenvalue weighted by Crippen LogP contribution is 2.40. The van der Waals surface area contributed by atoms with Crippen LogP contribution in [0.2, 0.25) is 10.0 Å². The second kappa shape index (κ2) is 6.80. The Kier molecular flexibility index (Phi) is 4.81. The van der Waals surface area contributed by atoms with Gasteiger partial charge in [0.05, 0.1) is 21.2 Å². The van der Waals surface area contributed by atoms with Crippen LogP contribution in [-0.2, 0) is 6.18 Å². The third kappa shape index (κ3) is 3.34. The molecule has 4 nitrogen and oxygen atoms in total. The molecule has 0 spiro atoms. The molecule has 27 heavy (non-hydrogen) atoms. The summed E-state index contributed by atoms with van der Waals surface area (Å²) >= 11 is 12.1. The smallest absolute Gasteiger partial charge is 0.383 e. The van der Waals surface area contributed by atoms with E-state index in [1.807, 2.05) is 25.1 Å². The Bertz CT molecular complexity index is 1060. The molecule has 0 aliphatic rings. The molecule has 0 bridgehead atoms. The van der Waals surface area contributed by atoms with E-state index >= 15 is 0 Å². The first-order chi connectivity index (χ1) is 12.6. The third-order valence-corrected chi connectivity index (χ3v) is 4.57. The quantitative estimate of drug-likeness (QED) is 0.595. The molecule has 0 aliphatic carbocycles. The molecule has 2 aromatic carbocycles. The summed E-state index contributed by atoms with van der Waals surface area (Å²) in [5, 5.41) is 13.0. The number of benzene rings is 2. The number of anilines is 1. The summed E-state index contributed by atoms with van der Waals surface area (Å²) in [6, 6.07) is 10.6. The van der Waals surface area contributed by atoms with Crippen molar-refractivity contribution in [3.05, 3.63) is 63.3 Å². The van der Waals surface area contributed by atoms with Gasteiger partial charge in [0.15, 0.2) is 5.69 Å². The largest absolute Gasteiger partial charge is 0.416 e. The Balaban J connectivity index is 2.27. The average Bonchev–Trinajstić information content (AvgIpc) is 2.90. The van der Waals surface area contributed by atoms with Gasteiger partial charge >= 0.3 is 6.18 Å². The molecular formula is C18H11Cl2F3N4. The second-order valence-corrected chi connectivity index (χ2v) is 6.55. The number of alkyl halides is 3. The minimum atomic E-state index is -4.61. The zero-order valence-electron chi connectivity index (χ0n) is 13.8. The van der Waals surface area contributed by atoms with E-state index in [1.54, 1.807) is 12.1 Å². The van der Waals surface area contributed by atoms with Crippen LogP contribution in [0.15, 0.2) is 36.4 Å². The average molecular weight is 411 g/mol. The van der Waals surface area contributed by atoms with Crippen molar-refractivity contribution in [2.75, 3.05) is 5.73 Å². The summed E-state index contributed by atoms with van der Waals surface area (Å²) in [6.07, 6.45) is -4.61. The molecule has 0 fully saturated rings. The molecule has 0 unspecified atom stereocenters. The minimum absolute atomic E-state index is 0.00818. The van der Waals surface area contributed by atoms with Crippen LogP contribution in [0.1, 0.15) is 16.8 Å². The van der Waals surface area contributed by atoms with E-state index in [0.717, 1.165) is 22.4 Å². The number of nitrogens with zero attached hydrogens (tertiary/aromatic N) is 3. The van der Waals surface area contributed by atoms with Crippen molar-refractivity contribution in [1.29, 1.82) is 5.26 Å². The highest BCUT2D eigenvalue weighted by Gasteiger charge is 2.33. The van der Waals surface area contributed by atoms with E-state index < -0.39 is 11.7 Å². The molecule has 0 saturated carbocycles. The van der Waals surface area contributed by atoms with Gasteiger partial charge in [0.1, 0.15) is 17.6 Å². The second-order valence-electron chi connectivity index (χ2n) is 5.73. The van der Waals surface area contributed by atoms with Gasteiger partial charge in [-0.1, -0.05) is 47.5 Å². The normalized spacial score (nSPS) is 11.4. The topological polar surface area (TPSA) is 67.6 Å². The van der Waals surface area contributed by atoms with E-state index in [1.165, 1.54) is 0 Å². The number of aryl methyl sites for hydroxylation is 1. The van der Waals surface area contributed by atoms with Crippen molar-refractivity contribution in [2.45, 2.75) is 13.1 Å². The molecule has 9 heteroatoms. The Morgan fingerprint density at radius 1 is 1.15 bits per heavy atom. The highest BCUT2D eigenvalue weighted by atomic mass is 35.5. The summed E-state index contributed by atoms with van der Waals surface area (Å²) in [7, 11) is 0. The zero-order chi connectivity index (χ0) is 19.9. The number of nitrogen functional groups attached to an aromatic ring is 1. The maximum absolute atomic E-state index is 12.9. The summed E-state index contributed by atoms with van der Waals surface area (Å²) in [4.78, 5) is 0. The molecule has 3 aromatic rings. The van der Waals surface area contributed by atoms with Crippen LogP contribution < -0.4 is 5.73 Å². The van der Waals surface area contributed by atoms with Crippen LogP contribution in [0.25, 0.3) is 16.8 Å². The molecule has 138 valence electrons. The van der Waals surface area contributed by atoms with Gasteiger partial charge in [-0.15, -0.1) is 0 Å². The molecule has 3 rings (SSSR count). The lowest BCUT2D eigenvalue weighted by molar-refractivity contribution is -0.137. The maximum Gasteiger partial charge on any atom is 0.416 e. The van der Waals surface area contributed by atoms with Crippen LogP contribution >= 0.6 is 23.2 Å². The highest BCUT2D eigenvalue weighted by molar-refractivity contribution is 6.38. The van der Waals surface area contributed by atoms with E-state index in [2.05, 4.69) is 5.10 Å². The van der Waals surface area contributed by atoms with Crippen molar-refractivity contribution in [2.24, 2.45) is 0 Å². The summed E-state index contributed by atoms with van der Waals surface area (Å²) < 4.78 is 39.9. The van der Waals surface area contributed by atoms with Gasteiger partial charge in [-0.25, -0.2) is 4.68 Å². The molecular weight excluding hydrogens is 400 g/mol. The standard InChI is InChI=1S/C18H11Cl2F3N4/c1-9-4-2-3-5-11(9)15-14(8-24)26-27(17(15)25)16-12(19)6-10(7-13(16)20)18(21,22)23/h2-7H,25H2,1H3. The lowest BCUT2D eigenvalue weighted by Gasteiger charge is -2.13. The summed E-state index contributed by atoms with van der Waals surface area (Å²) in [5.41, 5.74) is 7.06. The number of hydrogen-bond donors (Lipinski definition) is 1. The third-order valence-electron chi connectivity index (χ3n) is 4.00. The predicted octanol–water partition coefficient (Wildman–Crippen LogP) is 5.63. The number of halogens is 5. The van der Waals surface area contributed by atoms with E-state index in [9.17, 15) is 18.4 Å². The van der Waals surface area contributed by atoms with Crippen LogP contribution in [0.5, 0.6) is 0 Å². The number of aromatic nitrogens is 2. The van der Waals surface area contributed by atoms with Crippen LogP contribution in [0.3, 0.4) is 0 Å². The van der Waals surface area contributed by atoms with Crippen molar-refractivity contribution in [3.8, 4) is 22.9 Å². The zero-order valence-corrected chi connectivity index (χ0v) is 15.3. The lowest BCUT2D eigenvalue weighted by Crippen LogP contribution is -2.08. The van der Waals surface area contributed by atoms with Gasteiger partial charge in [0.2, 0.25) is 0 Å². The van der Waals surface area contributed by atoms with Crippen molar-refractivity contribution >= 4 is 29.0 Å². The molecule has 0 amide bonds. The van der Waals surface area contributed by atoms with E-state index in [0.29, 0.717) is 11.1 Å². The summed E-state index contributed by atoms with van der Waals surface area (Å²) in [6.45, 7) is 1.84. The maximum atomic E-state index is 12.9. The lowest BCUT2D eigenvalue weighted by atomic mass is 10.0. The van der Waals surface area contributed by atoms with Gasteiger partial charge in [0.25, 0.3) is 0 Å². The first-order valence-corrected chi connectivity index (χ1v) is 8.32. The Morgan fingerprint density at radius 2 is 1.74 bits per heavy atom. The van der Waals surface area contributed by atoms with Crippen molar-refractivity contribution in [3.63, 3.8) is 0 Å². The van der Waals surface area contributed by atoms with Gasteiger partial charge in [-0.05, 0) is 30.2 Å². The van der Waals surface area contributed by atoms with Gasteiger partial charge in [0, 0.05) is 0 Å². The molecule has 0 atom stereocenters. The predicted molar refractivity (Wildman–Crippen MR) is 97.9 cm³/mol.